The fraction of sp³-hybridized carbons (Fsp3) is 0.118. The van der Waals surface area contributed by atoms with E-state index in [4.69, 9.17) is 27.9 Å². The molecule has 0 unspecified atom stereocenters. The third-order valence-electron chi connectivity index (χ3n) is 7.18. The largest absolute Gasteiger partial charge is 0.497 e. The monoisotopic (exact) mass is 660 g/mol. The van der Waals surface area contributed by atoms with E-state index in [-0.39, 0.29) is 22.7 Å². The Morgan fingerprint density at radius 2 is 1.56 bits per heavy atom. The van der Waals surface area contributed by atoms with Crippen LogP contribution in [0.25, 0.3) is 5.69 Å². The van der Waals surface area contributed by atoms with Crippen molar-refractivity contribution in [1.82, 2.24) is 9.99 Å². The zero-order chi connectivity index (χ0) is 32.1. The second kappa shape index (κ2) is 13.6. The SMILES string of the molecule is COc1ccc(S(=O)(=O)N(Cc2ccccc2)c2ccccc2C(=O)N/N=C\c2cc(C)n(-c3cc(Cl)cc(Cl)c3)c2C)cc1. The van der Waals surface area contributed by atoms with Crippen molar-refractivity contribution in [2.24, 2.45) is 5.10 Å². The molecule has 230 valence electrons. The number of benzene rings is 4. The molecule has 5 rings (SSSR count). The smallest absolute Gasteiger partial charge is 0.273 e. The van der Waals surface area contributed by atoms with E-state index in [2.05, 4.69) is 10.5 Å². The van der Waals surface area contributed by atoms with Crippen molar-refractivity contribution in [3.05, 3.63) is 141 Å². The molecule has 0 fully saturated rings. The summed E-state index contributed by atoms with van der Waals surface area (Å²) < 4.78 is 36.5. The molecular weight excluding hydrogens is 631 g/mol. The van der Waals surface area contributed by atoms with Gasteiger partial charge in [0.25, 0.3) is 15.9 Å². The summed E-state index contributed by atoms with van der Waals surface area (Å²) in [6.07, 6.45) is 1.54. The Morgan fingerprint density at radius 1 is 0.911 bits per heavy atom. The predicted octanol–water partition coefficient (Wildman–Crippen LogP) is 7.57. The fourth-order valence-electron chi connectivity index (χ4n) is 5.01. The standard InChI is InChI=1S/C34H30Cl2N4O4S/c1-23-17-26(24(2)40(23)29-19-27(35)18-28(36)20-29)21-37-38-34(41)32-11-7-8-12-33(32)39(22-25-9-5-4-6-10-25)45(42,43)31-15-13-30(44-3)14-16-31/h4-21H,22H2,1-3H3,(H,38,41)/b37-21-. The second-order valence-electron chi connectivity index (χ2n) is 10.2. The average molecular weight is 662 g/mol. The number of hydrazone groups is 1. The van der Waals surface area contributed by atoms with E-state index >= 15 is 0 Å². The molecule has 4 aromatic carbocycles. The number of hydrogen-bond acceptors (Lipinski definition) is 5. The molecule has 0 aliphatic heterocycles. The van der Waals surface area contributed by atoms with E-state index < -0.39 is 15.9 Å². The van der Waals surface area contributed by atoms with Crippen LogP contribution in [0.2, 0.25) is 10.0 Å². The summed E-state index contributed by atoms with van der Waals surface area (Å²) >= 11 is 12.5. The molecule has 11 heteroatoms. The van der Waals surface area contributed by atoms with Gasteiger partial charge in [-0.15, -0.1) is 0 Å². The van der Waals surface area contributed by atoms with Crippen LogP contribution in [0.4, 0.5) is 5.69 Å². The highest BCUT2D eigenvalue weighted by molar-refractivity contribution is 7.92. The molecular formula is C34H30Cl2N4O4S. The van der Waals surface area contributed by atoms with Gasteiger partial charge in [-0.1, -0.05) is 65.7 Å². The molecule has 1 aromatic heterocycles. The van der Waals surface area contributed by atoms with Gasteiger partial charge < -0.3 is 9.30 Å². The van der Waals surface area contributed by atoms with Crippen LogP contribution in [-0.4, -0.2) is 32.2 Å². The Morgan fingerprint density at radius 3 is 2.22 bits per heavy atom. The maximum Gasteiger partial charge on any atom is 0.273 e. The Labute approximate surface area is 272 Å². The molecule has 45 heavy (non-hydrogen) atoms. The molecule has 0 saturated carbocycles. The number of aromatic nitrogens is 1. The van der Waals surface area contributed by atoms with Crippen LogP contribution in [0, 0.1) is 13.8 Å². The van der Waals surface area contributed by atoms with Crippen LogP contribution < -0.4 is 14.5 Å². The van der Waals surface area contributed by atoms with E-state index in [0.717, 1.165) is 28.2 Å². The van der Waals surface area contributed by atoms with Crippen molar-refractivity contribution >= 4 is 51.0 Å². The van der Waals surface area contributed by atoms with Crippen LogP contribution in [-0.2, 0) is 16.6 Å². The van der Waals surface area contributed by atoms with Gasteiger partial charge in [0, 0.05) is 32.7 Å². The van der Waals surface area contributed by atoms with E-state index in [1.807, 2.05) is 66.9 Å². The minimum absolute atomic E-state index is 0.00225. The third-order valence-corrected chi connectivity index (χ3v) is 9.39. The highest BCUT2D eigenvalue weighted by atomic mass is 35.5. The van der Waals surface area contributed by atoms with Crippen LogP contribution in [0.3, 0.4) is 0 Å². The minimum Gasteiger partial charge on any atom is -0.497 e. The molecule has 0 bridgehead atoms. The van der Waals surface area contributed by atoms with Gasteiger partial charge in [-0.2, -0.15) is 5.10 Å². The molecule has 0 aliphatic carbocycles. The van der Waals surface area contributed by atoms with Gasteiger partial charge >= 0.3 is 0 Å². The van der Waals surface area contributed by atoms with Crippen molar-refractivity contribution in [1.29, 1.82) is 0 Å². The fourth-order valence-corrected chi connectivity index (χ4v) is 7.00. The Bertz CT molecular complexity index is 1960. The average Bonchev–Trinajstić information content (AvgIpc) is 3.31. The molecule has 0 aliphatic rings. The van der Waals surface area contributed by atoms with Crippen LogP contribution in [0.5, 0.6) is 5.75 Å². The van der Waals surface area contributed by atoms with Gasteiger partial charge in [0.2, 0.25) is 0 Å². The lowest BCUT2D eigenvalue weighted by molar-refractivity contribution is 0.0955. The number of nitrogens with zero attached hydrogens (tertiary/aromatic N) is 3. The van der Waals surface area contributed by atoms with Gasteiger partial charge in [0.05, 0.1) is 36.0 Å². The number of methoxy groups -OCH3 is 1. The first-order chi connectivity index (χ1) is 21.6. The Balaban J connectivity index is 1.46. The summed E-state index contributed by atoms with van der Waals surface area (Å²) in [5.41, 5.74) is 7.02. The number of para-hydroxylation sites is 1. The summed E-state index contributed by atoms with van der Waals surface area (Å²) in [5.74, 6) is -0.0430. The number of halogens is 2. The molecule has 0 radical (unpaired) electrons. The van der Waals surface area contributed by atoms with Crippen LogP contribution in [0.15, 0.2) is 113 Å². The number of ether oxygens (including phenoxy) is 1. The van der Waals surface area contributed by atoms with E-state index in [0.29, 0.717) is 15.8 Å². The highest BCUT2D eigenvalue weighted by Crippen LogP contribution is 2.30. The topological polar surface area (TPSA) is 93.0 Å². The number of carbonyl (C=O) groups excluding carboxylic acids is 1. The molecule has 1 N–H and O–H groups in total. The number of anilines is 1. The van der Waals surface area contributed by atoms with Crippen LogP contribution >= 0.6 is 23.2 Å². The number of nitrogens with one attached hydrogen (secondary N) is 1. The first kappa shape index (κ1) is 31.8. The van der Waals surface area contributed by atoms with Crippen molar-refractivity contribution in [3.8, 4) is 11.4 Å². The number of amides is 1. The highest BCUT2D eigenvalue weighted by Gasteiger charge is 2.28. The summed E-state index contributed by atoms with van der Waals surface area (Å²) in [5, 5.41) is 5.24. The van der Waals surface area contributed by atoms with Crippen molar-refractivity contribution in [2.75, 3.05) is 11.4 Å². The summed E-state index contributed by atoms with van der Waals surface area (Å²) in [6, 6.07) is 29.1. The van der Waals surface area contributed by atoms with E-state index in [9.17, 15) is 13.2 Å². The second-order valence-corrected chi connectivity index (χ2v) is 12.9. The number of carbonyl (C=O) groups is 1. The normalized spacial score (nSPS) is 11.5. The molecule has 5 aromatic rings. The van der Waals surface area contributed by atoms with Crippen molar-refractivity contribution in [2.45, 2.75) is 25.3 Å². The number of rotatable bonds is 10. The van der Waals surface area contributed by atoms with Gasteiger partial charge in [-0.3, -0.25) is 9.10 Å². The Kier molecular flexibility index (Phi) is 9.63. The quantitative estimate of drug-likeness (QED) is 0.124. The lowest BCUT2D eigenvalue weighted by Crippen LogP contribution is -2.33. The predicted molar refractivity (Wildman–Crippen MR) is 180 cm³/mol. The molecule has 0 atom stereocenters. The lowest BCUT2D eigenvalue weighted by atomic mass is 10.1. The maximum atomic E-state index is 14.0. The molecule has 1 heterocycles. The number of aryl methyl sites for hydroxylation is 1. The molecule has 1 amide bonds. The van der Waals surface area contributed by atoms with Gasteiger partial charge in [-0.05, 0) is 80.1 Å². The number of hydrogen-bond donors (Lipinski definition) is 1. The third kappa shape index (κ3) is 7.06. The lowest BCUT2D eigenvalue weighted by Gasteiger charge is -2.26. The minimum atomic E-state index is -4.10. The maximum absolute atomic E-state index is 14.0. The zero-order valence-corrected chi connectivity index (χ0v) is 27.1. The summed E-state index contributed by atoms with van der Waals surface area (Å²) in [6.45, 7) is 3.87. The Hall–Kier alpha value is -4.57. The van der Waals surface area contributed by atoms with Gasteiger partial charge in [-0.25, -0.2) is 13.8 Å². The number of sulfonamides is 1. The van der Waals surface area contributed by atoms with Crippen molar-refractivity contribution in [3.63, 3.8) is 0 Å². The van der Waals surface area contributed by atoms with E-state index in [1.165, 1.54) is 23.5 Å². The van der Waals surface area contributed by atoms with Crippen molar-refractivity contribution < 1.29 is 17.9 Å². The molecule has 8 nitrogen and oxygen atoms in total. The summed E-state index contributed by atoms with van der Waals surface area (Å²) in [4.78, 5) is 13.6. The molecule has 0 saturated heterocycles. The summed E-state index contributed by atoms with van der Waals surface area (Å²) in [7, 11) is -2.59. The zero-order valence-electron chi connectivity index (χ0n) is 24.7. The molecule has 0 spiro atoms. The van der Waals surface area contributed by atoms with Crippen LogP contribution in [0.1, 0.15) is 32.9 Å². The first-order valence-electron chi connectivity index (χ1n) is 13.9. The van der Waals surface area contributed by atoms with Gasteiger partial charge in [0.1, 0.15) is 5.75 Å². The first-order valence-corrected chi connectivity index (χ1v) is 16.1. The van der Waals surface area contributed by atoms with E-state index in [1.54, 1.807) is 48.7 Å². The van der Waals surface area contributed by atoms with Gasteiger partial charge in [0.15, 0.2) is 0 Å².